The van der Waals surface area contributed by atoms with Crippen molar-refractivity contribution >= 4 is 23.5 Å². The number of nitrogens with one attached hydrogen (secondary N) is 1. The van der Waals surface area contributed by atoms with Crippen molar-refractivity contribution in [2.24, 2.45) is 5.92 Å². The third-order valence-corrected chi connectivity index (χ3v) is 4.30. The lowest BCUT2D eigenvalue weighted by molar-refractivity contribution is -0.132. The van der Waals surface area contributed by atoms with Crippen molar-refractivity contribution in [3.63, 3.8) is 0 Å². The highest BCUT2D eigenvalue weighted by molar-refractivity contribution is 5.76. The van der Waals surface area contributed by atoms with Crippen LogP contribution in [0.15, 0.2) is 30.3 Å². The van der Waals surface area contributed by atoms with Gasteiger partial charge in [0.25, 0.3) is 0 Å². The molecule has 1 aromatic heterocycles. The Bertz CT molecular complexity index is 721. The van der Waals surface area contributed by atoms with Gasteiger partial charge in [-0.3, -0.25) is 4.79 Å². The van der Waals surface area contributed by atoms with Gasteiger partial charge in [-0.25, -0.2) is 0 Å². The van der Waals surface area contributed by atoms with Crippen molar-refractivity contribution in [2.45, 2.75) is 32.6 Å². The second-order valence-electron chi connectivity index (χ2n) is 6.51. The zero-order valence-corrected chi connectivity index (χ0v) is 14.5. The first-order valence-electron chi connectivity index (χ1n) is 8.70. The number of para-hydroxylation sites is 1. The van der Waals surface area contributed by atoms with Gasteiger partial charge < -0.3 is 16.0 Å². The number of anilines is 3. The van der Waals surface area contributed by atoms with Gasteiger partial charge in [-0.2, -0.15) is 15.0 Å². The van der Waals surface area contributed by atoms with Crippen molar-refractivity contribution in [3.05, 3.63) is 36.2 Å². The minimum absolute atomic E-state index is 0.155. The van der Waals surface area contributed by atoms with E-state index in [1.807, 2.05) is 35.2 Å². The van der Waals surface area contributed by atoms with Gasteiger partial charge >= 0.3 is 0 Å². The second-order valence-corrected chi connectivity index (χ2v) is 6.51. The van der Waals surface area contributed by atoms with E-state index in [-0.39, 0.29) is 11.9 Å². The summed E-state index contributed by atoms with van der Waals surface area (Å²) >= 11 is 0. The summed E-state index contributed by atoms with van der Waals surface area (Å²) in [6.45, 7) is 3.88. The van der Waals surface area contributed by atoms with E-state index in [1.54, 1.807) is 0 Å². The molecule has 3 rings (SSSR count). The summed E-state index contributed by atoms with van der Waals surface area (Å²) in [5, 5.41) is 3.10. The maximum atomic E-state index is 12.4. The molecular formula is C18H24N6O. The van der Waals surface area contributed by atoms with Crippen LogP contribution in [0.1, 0.15) is 32.0 Å². The number of carbonyl (C=O) groups excluding carboxylic acids is 1. The molecule has 1 unspecified atom stereocenters. The van der Waals surface area contributed by atoms with Crippen LogP contribution in [0.4, 0.5) is 17.6 Å². The number of nitrogens with zero attached hydrogens (tertiary/aromatic N) is 4. The molecule has 1 atom stereocenters. The van der Waals surface area contributed by atoms with E-state index in [1.165, 1.54) is 6.42 Å². The monoisotopic (exact) mass is 340 g/mol. The summed E-state index contributed by atoms with van der Waals surface area (Å²) in [5.74, 6) is 1.81. The quantitative estimate of drug-likeness (QED) is 0.867. The molecule has 1 saturated heterocycles. The average molecular weight is 340 g/mol. The molecule has 1 aliphatic rings. The molecule has 132 valence electrons. The lowest BCUT2D eigenvalue weighted by Gasteiger charge is -2.31. The summed E-state index contributed by atoms with van der Waals surface area (Å²) in [6.07, 6.45) is 3.12. The number of hydrogen-bond acceptors (Lipinski definition) is 6. The molecule has 2 aromatic rings. The Balaban J connectivity index is 1.61. The molecule has 1 aromatic carbocycles. The van der Waals surface area contributed by atoms with Gasteiger partial charge in [0.2, 0.25) is 17.8 Å². The Morgan fingerprint density at radius 2 is 2.08 bits per heavy atom. The Hall–Kier alpha value is -2.70. The van der Waals surface area contributed by atoms with Gasteiger partial charge in [0.05, 0.1) is 0 Å². The summed E-state index contributed by atoms with van der Waals surface area (Å²) in [5.41, 5.74) is 6.66. The highest BCUT2D eigenvalue weighted by atomic mass is 16.2. The van der Waals surface area contributed by atoms with Gasteiger partial charge in [0.15, 0.2) is 0 Å². The maximum absolute atomic E-state index is 12.4. The van der Waals surface area contributed by atoms with Gasteiger partial charge in [-0.1, -0.05) is 25.1 Å². The molecule has 7 nitrogen and oxygen atoms in total. The molecule has 1 fully saturated rings. The number of likely N-dealkylation sites (tertiary alicyclic amines) is 1. The molecule has 1 aliphatic heterocycles. The van der Waals surface area contributed by atoms with Gasteiger partial charge in [0.1, 0.15) is 5.82 Å². The van der Waals surface area contributed by atoms with Crippen LogP contribution in [0.25, 0.3) is 0 Å². The van der Waals surface area contributed by atoms with Crippen molar-refractivity contribution in [1.82, 2.24) is 19.9 Å². The number of nitrogens with two attached hydrogens (primary N) is 1. The molecule has 0 aliphatic carbocycles. The number of benzene rings is 1. The number of hydrogen-bond donors (Lipinski definition) is 2. The lowest BCUT2D eigenvalue weighted by Crippen LogP contribution is -2.39. The predicted octanol–water partition coefficient (Wildman–Crippen LogP) is 2.39. The van der Waals surface area contributed by atoms with Crippen molar-refractivity contribution in [2.75, 3.05) is 24.1 Å². The highest BCUT2D eigenvalue weighted by Crippen LogP contribution is 2.17. The average Bonchev–Trinajstić information content (AvgIpc) is 2.60. The highest BCUT2D eigenvalue weighted by Gasteiger charge is 2.21. The summed E-state index contributed by atoms with van der Waals surface area (Å²) < 4.78 is 0. The summed E-state index contributed by atoms with van der Waals surface area (Å²) in [6, 6.07) is 9.62. The third kappa shape index (κ3) is 4.89. The number of carbonyl (C=O) groups is 1. The van der Waals surface area contributed by atoms with E-state index in [2.05, 4.69) is 27.2 Å². The van der Waals surface area contributed by atoms with Crippen molar-refractivity contribution in [3.8, 4) is 0 Å². The van der Waals surface area contributed by atoms with E-state index >= 15 is 0 Å². The maximum Gasteiger partial charge on any atom is 0.232 e. The predicted molar refractivity (Wildman–Crippen MR) is 97.3 cm³/mol. The molecule has 0 spiro atoms. The summed E-state index contributed by atoms with van der Waals surface area (Å²) in [7, 11) is 0. The first-order chi connectivity index (χ1) is 12.1. The van der Waals surface area contributed by atoms with Crippen LogP contribution in [0.5, 0.6) is 0 Å². The Kier molecular flexibility index (Phi) is 5.42. The number of nitrogen functional groups attached to an aromatic ring is 1. The molecule has 3 N–H and O–H groups in total. The minimum Gasteiger partial charge on any atom is -0.368 e. The van der Waals surface area contributed by atoms with Gasteiger partial charge in [0, 0.05) is 31.6 Å². The molecule has 0 bridgehead atoms. The Morgan fingerprint density at radius 1 is 1.28 bits per heavy atom. The van der Waals surface area contributed by atoms with E-state index in [0.29, 0.717) is 30.5 Å². The largest absolute Gasteiger partial charge is 0.368 e. The van der Waals surface area contributed by atoms with Crippen molar-refractivity contribution < 1.29 is 4.79 Å². The van der Waals surface area contributed by atoms with E-state index in [4.69, 9.17) is 5.73 Å². The van der Waals surface area contributed by atoms with Crippen LogP contribution in [0.2, 0.25) is 0 Å². The van der Waals surface area contributed by atoms with E-state index in [0.717, 1.165) is 25.2 Å². The number of amides is 1. The zero-order chi connectivity index (χ0) is 17.6. The molecule has 0 radical (unpaired) electrons. The van der Waals surface area contributed by atoms with E-state index in [9.17, 15) is 4.79 Å². The van der Waals surface area contributed by atoms with Crippen molar-refractivity contribution in [1.29, 1.82) is 0 Å². The fraction of sp³-hybridized carbons (Fsp3) is 0.444. The lowest BCUT2D eigenvalue weighted by atomic mass is 10.00. The third-order valence-electron chi connectivity index (χ3n) is 4.30. The van der Waals surface area contributed by atoms with Crippen LogP contribution in [0, 0.1) is 5.92 Å². The molecule has 2 heterocycles. The fourth-order valence-electron chi connectivity index (χ4n) is 3.05. The molecule has 25 heavy (non-hydrogen) atoms. The minimum atomic E-state index is 0.155. The summed E-state index contributed by atoms with van der Waals surface area (Å²) in [4.78, 5) is 27.0. The Labute approximate surface area is 147 Å². The SMILES string of the molecule is CC1CCCN(C(=O)CCc2nc(N)nc(Nc3ccccc3)n2)C1. The molecule has 0 saturated carbocycles. The fourth-order valence-corrected chi connectivity index (χ4v) is 3.05. The van der Waals surface area contributed by atoms with Gasteiger partial charge in [-0.15, -0.1) is 0 Å². The molecule has 1 amide bonds. The standard InChI is InChI=1S/C18H24N6O/c1-13-6-5-11-24(12-13)16(25)10-9-15-21-17(19)23-18(22-15)20-14-7-3-2-4-8-14/h2-4,7-8,13H,5-6,9-12H2,1H3,(H3,19,20,21,22,23). The smallest absolute Gasteiger partial charge is 0.232 e. The Morgan fingerprint density at radius 3 is 2.84 bits per heavy atom. The zero-order valence-electron chi connectivity index (χ0n) is 14.5. The van der Waals surface area contributed by atoms with Crippen LogP contribution in [-0.4, -0.2) is 38.8 Å². The normalized spacial score (nSPS) is 17.3. The number of piperidine rings is 1. The van der Waals surface area contributed by atoms with Crippen LogP contribution in [0.3, 0.4) is 0 Å². The number of aryl methyl sites for hydroxylation is 1. The molecule has 7 heteroatoms. The van der Waals surface area contributed by atoms with Crippen LogP contribution < -0.4 is 11.1 Å². The first-order valence-corrected chi connectivity index (χ1v) is 8.70. The molecular weight excluding hydrogens is 316 g/mol. The number of rotatable bonds is 5. The second kappa shape index (κ2) is 7.92. The first kappa shape index (κ1) is 17.1. The van der Waals surface area contributed by atoms with Crippen LogP contribution in [-0.2, 0) is 11.2 Å². The number of aromatic nitrogens is 3. The van der Waals surface area contributed by atoms with Crippen LogP contribution >= 0.6 is 0 Å². The van der Waals surface area contributed by atoms with E-state index < -0.39 is 0 Å². The topological polar surface area (TPSA) is 97.0 Å². The van der Waals surface area contributed by atoms with Gasteiger partial charge in [-0.05, 0) is 30.9 Å².